The number of carbonyl (C=O) groups is 4. The zero-order chi connectivity index (χ0) is 67.5. The lowest BCUT2D eigenvalue weighted by Crippen LogP contribution is -2.30. The van der Waals surface area contributed by atoms with Crippen LogP contribution in [-0.4, -0.2) is 96.7 Å². The summed E-state index contributed by atoms with van der Waals surface area (Å²) in [5, 5.41) is 10.6. The first-order valence-corrected chi connectivity index (χ1v) is 40.2. The molecule has 6 atom stereocenters. The number of ether oxygens (including phenoxy) is 4. The standard InChI is InChI=1S/C72H140O17P2/c1-9-65(8)51-43-35-30-31-37-45-53-70(75)83-59-68(88-71(76)54-46-38-28-21-17-13-11-15-19-25-33-41-49-63(4)5)61-87-91(80,81)85-57-66(73)56-84-90(78,79)86-60-67(89-72(77)55-47-39-29-23-22-26-34-42-50-64(6)7)58-82-69(74)52-44-36-27-20-16-12-10-14-18-24-32-40-48-62(2)3/h62-68,73H,9-61H2,1-8H3,(H,78,79)(H,80,81)/t65?,66-,67-,68-/m1/s1. The number of aliphatic hydroxyl groups is 1. The maximum Gasteiger partial charge on any atom is 0.472 e. The van der Waals surface area contributed by atoms with Crippen molar-refractivity contribution in [3.8, 4) is 0 Å². The van der Waals surface area contributed by atoms with E-state index in [1.54, 1.807) is 0 Å². The monoisotopic (exact) mass is 1340 g/mol. The van der Waals surface area contributed by atoms with Gasteiger partial charge in [-0.2, -0.15) is 0 Å². The number of hydrogen-bond acceptors (Lipinski definition) is 15. The molecule has 0 amide bonds. The van der Waals surface area contributed by atoms with Gasteiger partial charge in [0.25, 0.3) is 0 Å². The van der Waals surface area contributed by atoms with Gasteiger partial charge in [0.05, 0.1) is 26.4 Å². The average Bonchev–Trinajstić information content (AvgIpc) is 3.71. The smallest absolute Gasteiger partial charge is 0.462 e. The maximum atomic E-state index is 13.0. The van der Waals surface area contributed by atoms with Gasteiger partial charge in [-0.05, 0) is 49.4 Å². The highest BCUT2D eigenvalue weighted by Gasteiger charge is 2.30. The van der Waals surface area contributed by atoms with Gasteiger partial charge in [-0.25, -0.2) is 9.13 Å². The van der Waals surface area contributed by atoms with Crippen molar-refractivity contribution >= 4 is 39.5 Å². The number of unbranched alkanes of at least 4 members (excludes halogenated alkanes) is 34. The van der Waals surface area contributed by atoms with E-state index in [4.69, 9.17) is 37.0 Å². The summed E-state index contributed by atoms with van der Waals surface area (Å²) < 4.78 is 68.4. The summed E-state index contributed by atoms with van der Waals surface area (Å²) in [5.74, 6) is 0.879. The van der Waals surface area contributed by atoms with Crippen LogP contribution in [0.15, 0.2) is 0 Å². The van der Waals surface area contributed by atoms with E-state index in [2.05, 4.69) is 55.4 Å². The van der Waals surface area contributed by atoms with Crippen LogP contribution in [0.5, 0.6) is 0 Å². The van der Waals surface area contributed by atoms with Crippen molar-refractivity contribution in [1.82, 2.24) is 0 Å². The Balaban J connectivity index is 5.24. The van der Waals surface area contributed by atoms with Crippen molar-refractivity contribution in [2.75, 3.05) is 39.6 Å². The molecule has 3 unspecified atom stereocenters. The van der Waals surface area contributed by atoms with Gasteiger partial charge in [-0.3, -0.25) is 37.3 Å². The van der Waals surface area contributed by atoms with Crippen LogP contribution in [0.3, 0.4) is 0 Å². The number of phosphoric acid groups is 2. The maximum absolute atomic E-state index is 13.0. The molecule has 0 saturated heterocycles. The second-order valence-corrected chi connectivity index (χ2v) is 30.6. The van der Waals surface area contributed by atoms with E-state index in [1.807, 2.05) is 0 Å². The van der Waals surface area contributed by atoms with E-state index in [0.29, 0.717) is 25.7 Å². The van der Waals surface area contributed by atoms with Gasteiger partial charge in [0.1, 0.15) is 19.3 Å². The molecule has 19 heteroatoms. The second kappa shape index (κ2) is 61.6. The third-order valence-electron chi connectivity index (χ3n) is 16.9. The summed E-state index contributed by atoms with van der Waals surface area (Å²) in [5.41, 5.74) is 0. The van der Waals surface area contributed by atoms with Crippen LogP contribution in [0.1, 0.15) is 357 Å². The summed E-state index contributed by atoms with van der Waals surface area (Å²) in [7, 11) is -9.91. The van der Waals surface area contributed by atoms with Crippen molar-refractivity contribution in [1.29, 1.82) is 0 Å². The Kier molecular flexibility index (Phi) is 60.3. The van der Waals surface area contributed by atoms with Gasteiger partial charge in [0.2, 0.25) is 0 Å². The summed E-state index contributed by atoms with van der Waals surface area (Å²) in [6.45, 7) is 14.1. The Morgan fingerprint density at radius 1 is 0.308 bits per heavy atom. The number of hydrogen-bond donors (Lipinski definition) is 3. The third-order valence-corrected chi connectivity index (χ3v) is 18.8. The molecule has 0 aliphatic rings. The van der Waals surface area contributed by atoms with E-state index in [-0.39, 0.29) is 25.7 Å². The van der Waals surface area contributed by atoms with E-state index < -0.39 is 97.5 Å². The molecule has 540 valence electrons. The highest BCUT2D eigenvalue weighted by atomic mass is 31.2. The summed E-state index contributed by atoms with van der Waals surface area (Å²) in [4.78, 5) is 72.6. The minimum absolute atomic E-state index is 0.104. The van der Waals surface area contributed by atoms with Crippen LogP contribution >= 0.6 is 15.6 Å². The lowest BCUT2D eigenvalue weighted by molar-refractivity contribution is -0.161. The Hall–Kier alpha value is -1.94. The van der Waals surface area contributed by atoms with Crippen molar-refractivity contribution in [2.45, 2.75) is 375 Å². The van der Waals surface area contributed by atoms with Crippen molar-refractivity contribution < 1.29 is 80.2 Å². The molecule has 91 heavy (non-hydrogen) atoms. The minimum atomic E-state index is -4.95. The van der Waals surface area contributed by atoms with E-state index in [1.165, 1.54) is 154 Å². The number of aliphatic hydroxyl groups excluding tert-OH is 1. The molecule has 0 heterocycles. The molecule has 0 rings (SSSR count). The predicted molar refractivity (Wildman–Crippen MR) is 367 cm³/mol. The third kappa shape index (κ3) is 65.1. The molecule has 0 aromatic heterocycles. The normalized spacial score (nSPS) is 14.5. The molecule has 0 aromatic carbocycles. The summed E-state index contributed by atoms with van der Waals surface area (Å²) in [6.07, 6.45) is 44.5. The van der Waals surface area contributed by atoms with E-state index in [0.717, 1.165) is 120 Å². The highest BCUT2D eigenvalue weighted by Crippen LogP contribution is 2.45. The molecule has 0 spiro atoms. The van der Waals surface area contributed by atoms with Crippen molar-refractivity contribution in [3.05, 3.63) is 0 Å². The fraction of sp³-hybridized carbons (Fsp3) is 0.944. The van der Waals surface area contributed by atoms with Crippen molar-refractivity contribution in [3.63, 3.8) is 0 Å². The molecule has 0 aliphatic carbocycles. The topological polar surface area (TPSA) is 237 Å². The molecular weight excluding hydrogens is 1200 g/mol. The fourth-order valence-corrected chi connectivity index (χ4v) is 12.4. The van der Waals surface area contributed by atoms with Gasteiger partial charge in [0, 0.05) is 25.7 Å². The van der Waals surface area contributed by atoms with Crippen LogP contribution in [0, 0.1) is 23.7 Å². The van der Waals surface area contributed by atoms with Gasteiger partial charge in [-0.1, -0.05) is 306 Å². The number of rotatable bonds is 69. The van der Waals surface area contributed by atoms with Gasteiger partial charge >= 0.3 is 39.5 Å². The molecule has 0 saturated carbocycles. The summed E-state index contributed by atoms with van der Waals surface area (Å²) in [6, 6.07) is 0. The van der Waals surface area contributed by atoms with Gasteiger partial charge in [-0.15, -0.1) is 0 Å². The Morgan fingerprint density at radius 2 is 0.527 bits per heavy atom. The zero-order valence-electron chi connectivity index (χ0n) is 59.5. The van der Waals surface area contributed by atoms with E-state index in [9.17, 15) is 43.2 Å². The van der Waals surface area contributed by atoms with E-state index >= 15 is 0 Å². The predicted octanol–water partition coefficient (Wildman–Crippen LogP) is 20.5. The first kappa shape index (κ1) is 89.1. The first-order chi connectivity index (χ1) is 43.6. The van der Waals surface area contributed by atoms with Crippen LogP contribution < -0.4 is 0 Å². The summed E-state index contributed by atoms with van der Waals surface area (Å²) >= 11 is 0. The first-order valence-electron chi connectivity index (χ1n) is 37.2. The van der Waals surface area contributed by atoms with Crippen molar-refractivity contribution in [2.24, 2.45) is 23.7 Å². The lowest BCUT2D eigenvalue weighted by Gasteiger charge is -2.21. The lowest BCUT2D eigenvalue weighted by atomic mass is 10.00. The number of phosphoric ester groups is 2. The second-order valence-electron chi connectivity index (χ2n) is 27.6. The highest BCUT2D eigenvalue weighted by molar-refractivity contribution is 7.47. The molecule has 0 fully saturated rings. The van der Waals surface area contributed by atoms with Gasteiger partial charge in [0.15, 0.2) is 12.2 Å². The Labute approximate surface area is 556 Å². The molecule has 0 bridgehead atoms. The molecule has 3 N–H and O–H groups in total. The average molecular weight is 1340 g/mol. The Bertz CT molecular complexity index is 1800. The number of esters is 4. The molecular formula is C72H140O17P2. The van der Waals surface area contributed by atoms with Crippen LogP contribution in [0.4, 0.5) is 0 Å². The molecule has 0 radical (unpaired) electrons. The zero-order valence-corrected chi connectivity index (χ0v) is 61.3. The Morgan fingerprint density at radius 3 is 0.780 bits per heavy atom. The quantitative estimate of drug-likeness (QED) is 0.0222. The van der Waals surface area contributed by atoms with Crippen LogP contribution in [-0.2, 0) is 65.4 Å². The number of carbonyl (C=O) groups excluding carboxylic acids is 4. The SMILES string of the molecule is CCC(C)CCCCCCCCC(=O)OC[C@H](COP(=O)(O)OC[C@H](O)COP(=O)(O)OC[C@@H](COC(=O)CCCCCCCCCCCCCCC(C)C)OC(=O)CCCCCCCCCCC(C)C)OC(=O)CCCCCCCCCCCCCCC(C)C. The fourth-order valence-electron chi connectivity index (χ4n) is 10.8. The largest absolute Gasteiger partial charge is 0.472 e. The molecule has 0 aromatic rings. The van der Waals surface area contributed by atoms with Crippen LogP contribution in [0.2, 0.25) is 0 Å². The minimum Gasteiger partial charge on any atom is -0.462 e. The molecule has 17 nitrogen and oxygen atoms in total. The molecule has 0 aliphatic heterocycles. The van der Waals surface area contributed by atoms with Gasteiger partial charge < -0.3 is 33.8 Å². The van der Waals surface area contributed by atoms with Crippen LogP contribution in [0.25, 0.3) is 0 Å².